The minimum Gasteiger partial charge on any atom is -0.503 e. The molecule has 0 bridgehead atoms. The van der Waals surface area contributed by atoms with Gasteiger partial charge in [-0.15, -0.1) is 0 Å². The van der Waals surface area contributed by atoms with Crippen LogP contribution >= 0.6 is 0 Å². The highest BCUT2D eigenvalue weighted by atomic mass is 16.3. The van der Waals surface area contributed by atoms with Crippen LogP contribution in [-0.4, -0.2) is 63.9 Å². The Labute approximate surface area is 125 Å². The number of rotatable bonds is 5. The molecule has 0 saturated carbocycles. The molecule has 0 aromatic carbocycles. The molecule has 1 aromatic rings. The van der Waals surface area contributed by atoms with Crippen LogP contribution in [0.15, 0.2) is 10.9 Å². The van der Waals surface area contributed by atoms with Crippen LogP contribution in [-0.2, 0) is 13.1 Å². The third kappa shape index (κ3) is 3.64. The van der Waals surface area contributed by atoms with Crippen molar-refractivity contribution in [3.8, 4) is 5.75 Å². The average molecular weight is 295 g/mol. The van der Waals surface area contributed by atoms with E-state index in [1.807, 2.05) is 18.4 Å². The average Bonchev–Trinajstić information content (AvgIpc) is 2.47. The second kappa shape index (κ2) is 7.06. The molecule has 0 amide bonds. The van der Waals surface area contributed by atoms with Gasteiger partial charge in [-0.3, -0.25) is 14.6 Å². The van der Waals surface area contributed by atoms with E-state index in [4.69, 9.17) is 5.11 Å². The Balaban J connectivity index is 2.12. The Hall–Kier alpha value is -1.37. The first-order valence-electron chi connectivity index (χ1n) is 7.54. The van der Waals surface area contributed by atoms with Crippen LogP contribution in [0, 0.1) is 6.92 Å². The maximum atomic E-state index is 11.8. The zero-order valence-electron chi connectivity index (χ0n) is 12.9. The topological polar surface area (TPSA) is 68.9 Å². The van der Waals surface area contributed by atoms with E-state index < -0.39 is 0 Å². The maximum Gasteiger partial charge on any atom is 0.223 e. The lowest BCUT2D eigenvalue weighted by atomic mass is 10.2. The van der Waals surface area contributed by atoms with Crippen LogP contribution < -0.4 is 5.43 Å². The first-order valence-corrected chi connectivity index (χ1v) is 7.54. The van der Waals surface area contributed by atoms with Crippen molar-refractivity contribution in [2.75, 3.05) is 39.3 Å². The number of aromatic hydroxyl groups is 1. The van der Waals surface area contributed by atoms with Gasteiger partial charge in [0.1, 0.15) is 0 Å². The quantitative estimate of drug-likeness (QED) is 0.800. The lowest BCUT2D eigenvalue weighted by Crippen LogP contribution is -2.47. The van der Waals surface area contributed by atoms with E-state index in [1.165, 1.54) is 6.07 Å². The number of hydrogen-bond donors (Lipinski definition) is 2. The van der Waals surface area contributed by atoms with Crippen molar-refractivity contribution in [1.29, 1.82) is 0 Å². The molecule has 0 radical (unpaired) electrons. The van der Waals surface area contributed by atoms with Crippen LogP contribution in [0.4, 0.5) is 0 Å². The van der Waals surface area contributed by atoms with Gasteiger partial charge < -0.3 is 14.8 Å². The number of β-amino-alcohol motifs (C(OH)–C–C–N with tert-alkyl or cyclic N) is 1. The number of pyridine rings is 1. The molecule has 6 heteroatoms. The van der Waals surface area contributed by atoms with Gasteiger partial charge in [0.25, 0.3) is 0 Å². The molecule has 1 aliphatic rings. The molecule has 1 aromatic heterocycles. The molecule has 2 heterocycles. The summed E-state index contributed by atoms with van der Waals surface area (Å²) in [4.78, 5) is 16.3. The number of hydrogen-bond acceptors (Lipinski definition) is 5. The van der Waals surface area contributed by atoms with Crippen molar-refractivity contribution in [3.05, 3.63) is 27.7 Å². The van der Waals surface area contributed by atoms with E-state index in [-0.39, 0.29) is 17.8 Å². The summed E-state index contributed by atoms with van der Waals surface area (Å²) in [6.45, 7) is 9.70. The second-order valence-corrected chi connectivity index (χ2v) is 5.53. The minimum atomic E-state index is -0.300. The van der Waals surface area contributed by atoms with Gasteiger partial charge in [0.15, 0.2) is 5.75 Å². The van der Waals surface area contributed by atoms with E-state index in [0.29, 0.717) is 18.8 Å². The number of piperazine rings is 1. The van der Waals surface area contributed by atoms with Crippen molar-refractivity contribution >= 4 is 0 Å². The van der Waals surface area contributed by atoms with Gasteiger partial charge >= 0.3 is 0 Å². The second-order valence-electron chi connectivity index (χ2n) is 5.53. The fraction of sp³-hybridized carbons (Fsp3) is 0.667. The maximum absolute atomic E-state index is 11.8. The standard InChI is InChI=1S/C15H25N3O3/c1-3-18-12(2)10-14(20)15(21)13(18)11-17-6-4-16(5-7-17)8-9-19/h10,19,21H,3-9,11H2,1-2H3. The molecule has 21 heavy (non-hydrogen) atoms. The molecular formula is C15H25N3O3. The SMILES string of the molecule is CCn1c(C)cc(=O)c(O)c1CN1CCN(CCO)CC1. The molecule has 118 valence electrons. The smallest absolute Gasteiger partial charge is 0.223 e. The fourth-order valence-electron chi connectivity index (χ4n) is 2.94. The van der Waals surface area contributed by atoms with Crippen molar-refractivity contribution in [3.63, 3.8) is 0 Å². The van der Waals surface area contributed by atoms with Crippen molar-refractivity contribution < 1.29 is 10.2 Å². The largest absolute Gasteiger partial charge is 0.503 e. The lowest BCUT2D eigenvalue weighted by Gasteiger charge is -2.34. The molecule has 0 aliphatic carbocycles. The summed E-state index contributed by atoms with van der Waals surface area (Å²) in [5.41, 5.74) is 1.29. The van der Waals surface area contributed by atoms with Crippen molar-refractivity contribution in [2.45, 2.75) is 26.9 Å². The van der Waals surface area contributed by atoms with Crippen LogP contribution in [0.5, 0.6) is 5.75 Å². The van der Waals surface area contributed by atoms with Gasteiger partial charge in [-0.25, -0.2) is 0 Å². The highest BCUT2D eigenvalue weighted by molar-refractivity contribution is 5.29. The van der Waals surface area contributed by atoms with Gasteiger partial charge in [0.05, 0.1) is 12.3 Å². The van der Waals surface area contributed by atoms with Gasteiger partial charge in [-0.2, -0.15) is 0 Å². The van der Waals surface area contributed by atoms with Crippen LogP contribution in [0.3, 0.4) is 0 Å². The van der Waals surface area contributed by atoms with Gasteiger partial charge in [0.2, 0.25) is 5.43 Å². The Kier molecular flexibility index (Phi) is 5.39. The number of aliphatic hydroxyl groups is 1. The highest BCUT2D eigenvalue weighted by Crippen LogP contribution is 2.17. The summed E-state index contributed by atoms with van der Waals surface area (Å²) < 4.78 is 2.00. The molecule has 1 aliphatic heterocycles. The predicted octanol–water partition coefficient (Wildman–Crippen LogP) is -0.00788. The Morgan fingerprint density at radius 1 is 1.19 bits per heavy atom. The van der Waals surface area contributed by atoms with E-state index in [9.17, 15) is 9.90 Å². The number of nitrogens with zero attached hydrogens (tertiary/aromatic N) is 3. The van der Waals surface area contributed by atoms with Gasteiger partial charge in [-0.1, -0.05) is 0 Å². The third-order valence-electron chi connectivity index (χ3n) is 4.17. The van der Waals surface area contributed by atoms with Crippen molar-refractivity contribution in [2.24, 2.45) is 0 Å². The summed E-state index contributed by atoms with van der Waals surface area (Å²) in [7, 11) is 0. The zero-order valence-corrected chi connectivity index (χ0v) is 12.9. The van der Waals surface area contributed by atoms with Gasteiger partial charge in [-0.05, 0) is 13.8 Å². The van der Waals surface area contributed by atoms with E-state index in [1.54, 1.807) is 0 Å². The summed E-state index contributed by atoms with van der Waals surface area (Å²) >= 11 is 0. The van der Waals surface area contributed by atoms with Crippen molar-refractivity contribution in [1.82, 2.24) is 14.4 Å². The minimum absolute atomic E-state index is 0.125. The molecule has 2 N–H and O–H groups in total. The summed E-state index contributed by atoms with van der Waals surface area (Å²) in [5, 5.41) is 19.1. The number of aryl methyl sites for hydroxylation is 1. The molecule has 2 rings (SSSR count). The Morgan fingerprint density at radius 3 is 2.38 bits per heavy atom. The van der Waals surface area contributed by atoms with Gasteiger partial charge in [0, 0.05) is 57.6 Å². The predicted molar refractivity (Wildman–Crippen MR) is 81.6 cm³/mol. The Bertz CT molecular complexity index is 534. The number of aromatic nitrogens is 1. The molecule has 6 nitrogen and oxygen atoms in total. The first-order chi connectivity index (χ1) is 10.1. The lowest BCUT2D eigenvalue weighted by molar-refractivity contribution is 0.106. The molecule has 1 fully saturated rings. The summed E-state index contributed by atoms with van der Waals surface area (Å²) in [6, 6.07) is 1.49. The Morgan fingerprint density at radius 2 is 1.81 bits per heavy atom. The molecule has 0 atom stereocenters. The molecule has 0 spiro atoms. The fourth-order valence-corrected chi connectivity index (χ4v) is 2.94. The highest BCUT2D eigenvalue weighted by Gasteiger charge is 2.20. The normalized spacial score (nSPS) is 17.3. The zero-order chi connectivity index (χ0) is 15.4. The number of aliphatic hydroxyl groups excluding tert-OH is 1. The molecular weight excluding hydrogens is 270 g/mol. The monoisotopic (exact) mass is 295 g/mol. The van der Waals surface area contributed by atoms with Crippen LogP contribution in [0.2, 0.25) is 0 Å². The van der Waals surface area contributed by atoms with Crippen LogP contribution in [0.25, 0.3) is 0 Å². The summed E-state index contributed by atoms with van der Waals surface area (Å²) in [5.74, 6) is -0.125. The molecule has 1 saturated heterocycles. The first kappa shape index (κ1) is 16.0. The van der Waals surface area contributed by atoms with E-state index >= 15 is 0 Å². The van der Waals surface area contributed by atoms with E-state index in [2.05, 4.69) is 9.80 Å². The van der Waals surface area contributed by atoms with Crippen LogP contribution in [0.1, 0.15) is 18.3 Å². The van der Waals surface area contributed by atoms with E-state index in [0.717, 1.165) is 38.4 Å². The summed E-state index contributed by atoms with van der Waals surface area (Å²) in [6.07, 6.45) is 0. The third-order valence-corrected chi connectivity index (χ3v) is 4.17. The molecule has 0 unspecified atom stereocenters.